The van der Waals surface area contributed by atoms with Crippen LogP contribution in [0.15, 0.2) is 17.3 Å². The van der Waals surface area contributed by atoms with E-state index in [2.05, 4.69) is 9.82 Å². The molecular formula is C11H18N4O2S2. The Hall–Kier alpha value is -0.990. The standard InChI is InChI=1S/C11H18N4O2S2/c1-15-8-9(7-13-15)19(16,17)14-11(10(12)18)5-3-2-4-6-11/h7-8,14H,2-6H2,1H3,(H2,12,18). The average Bonchev–Trinajstić information content (AvgIpc) is 2.77. The molecule has 0 bridgehead atoms. The molecule has 1 saturated carbocycles. The predicted octanol–water partition coefficient (Wildman–Crippen LogP) is 0.687. The Morgan fingerprint density at radius 2 is 2.11 bits per heavy atom. The minimum Gasteiger partial charge on any atom is -0.392 e. The third-order valence-electron chi connectivity index (χ3n) is 3.50. The molecule has 1 aliphatic rings. The van der Waals surface area contributed by atoms with Gasteiger partial charge < -0.3 is 5.73 Å². The lowest BCUT2D eigenvalue weighted by molar-refractivity contribution is 0.353. The Morgan fingerprint density at radius 3 is 2.58 bits per heavy atom. The molecule has 1 heterocycles. The van der Waals surface area contributed by atoms with Gasteiger partial charge in [-0.2, -0.15) is 9.82 Å². The van der Waals surface area contributed by atoms with E-state index < -0.39 is 15.6 Å². The molecule has 1 aliphatic carbocycles. The molecule has 2 rings (SSSR count). The van der Waals surface area contributed by atoms with Gasteiger partial charge in [-0.05, 0) is 12.8 Å². The van der Waals surface area contributed by atoms with Crippen molar-refractivity contribution in [3.8, 4) is 0 Å². The van der Waals surface area contributed by atoms with Crippen LogP contribution in [0.3, 0.4) is 0 Å². The number of nitrogens with two attached hydrogens (primary N) is 1. The van der Waals surface area contributed by atoms with Crippen LogP contribution in [-0.2, 0) is 17.1 Å². The van der Waals surface area contributed by atoms with Crippen molar-refractivity contribution in [1.29, 1.82) is 0 Å². The van der Waals surface area contributed by atoms with Gasteiger partial charge in [0.1, 0.15) is 4.90 Å². The first kappa shape index (κ1) is 14.4. The van der Waals surface area contributed by atoms with E-state index in [1.165, 1.54) is 17.1 Å². The van der Waals surface area contributed by atoms with Gasteiger partial charge in [0.05, 0.1) is 16.7 Å². The maximum Gasteiger partial charge on any atom is 0.244 e. The van der Waals surface area contributed by atoms with Gasteiger partial charge in [0.15, 0.2) is 0 Å². The second kappa shape index (κ2) is 5.18. The molecule has 1 fully saturated rings. The van der Waals surface area contributed by atoms with E-state index in [1.807, 2.05) is 0 Å². The van der Waals surface area contributed by atoms with Crippen LogP contribution in [0.5, 0.6) is 0 Å². The molecule has 0 unspecified atom stereocenters. The zero-order chi connectivity index (χ0) is 14.1. The highest BCUT2D eigenvalue weighted by Gasteiger charge is 2.39. The molecule has 6 nitrogen and oxygen atoms in total. The zero-order valence-electron chi connectivity index (χ0n) is 10.8. The lowest BCUT2D eigenvalue weighted by Gasteiger charge is -2.36. The smallest absolute Gasteiger partial charge is 0.244 e. The summed E-state index contributed by atoms with van der Waals surface area (Å²) in [6.45, 7) is 0. The van der Waals surface area contributed by atoms with Crippen LogP contribution < -0.4 is 10.5 Å². The maximum atomic E-state index is 12.3. The minimum atomic E-state index is -3.64. The van der Waals surface area contributed by atoms with E-state index >= 15 is 0 Å². The van der Waals surface area contributed by atoms with Gasteiger partial charge in [-0.1, -0.05) is 31.5 Å². The highest BCUT2D eigenvalue weighted by atomic mass is 32.2. The quantitative estimate of drug-likeness (QED) is 0.799. The lowest BCUT2D eigenvalue weighted by Crippen LogP contribution is -2.57. The lowest BCUT2D eigenvalue weighted by atomic mass is 9.82. The number of nitrogens with zero attached hydrogens (tertiary/aromatic N) is 2. The van der Waals surface area contributed by atoms with Crippen molar-refractivity contribution in [2.75, 3.05) is 0 Å². The first-order valence-electron chi connectivity index (χ1n) is 6.18. The van der Waals surface area contributed by atoms with Crippen molar-refractivity contribution in [1.82, 2.24) is 14.5 Å². The first-order chi connectivity index (χ1) is 8.86. The fraction of sp³-hybridized carbons (Fsp3) is 0.636. The Balaban J connectivity index is 2.29. The van der Waals surface area contributed by atoms with Gasteiger partial charge in [0, 0.05) is 13.2 Å². The average molecular weight is 302 g/mol. The summed E-state index contributed by atoms with van der Waals surface area (Å²) in [5.41, 5.74) is 4.99. The normalized spacial score (nSPS) is 19.2. The molecule has 19 heavy (non-hydrogen) atoms. The van der Waals surface area contributed by atoms with E-state index in [1.54, 1.807) is 7.05 Å². The van der Waals surface area contributed by atoms with Crippen molar-refractivity contribution in [2.45, 2.75) is 42.5 Å². The molecular weight excluding hydrogens is 284 g/mol. The van der Waals surface area contributed by atoms with Gasteiger partial charge in [-0.3, -0.25) is 4.68 Å². The summed E-state index contributed by atoms with van der Waals surface area (Å²) < 4.78 is 28.8. The number of hydrogen-bond donors (Lipinski definition) is 2. The molecule has 0 aromatic carbocycles. The molecule has 0 atom stereocenters. The number of nitrogens with one attached hydrogen (secondary N) is 1. The second-order valence-corrected chi connectivity index (χ2v) is 7.08. The van der Waals surface area contributed by atoms with Crippen molar-refractivity contribution in [2.24, 2.45) is 12.8 Å². The molecule has 0 saturated heterocycles. The third kappa shape index (κ3) is 2.96. The Morgan fingerprint density at radius 1 is 1.47 bits per heavy atom. The molecule has 0 aliphatic heterocycles. The van der Waals surface area contributed by atoms with Crippen LogP contribution in [0.4, 0.5) is 0 Å². The Kier molecular flexibility index (Phi) is 3.93. The third-order valence-corrected chi connectivity index (χ3v) is 5.38. The topological polar surface area (TPSA) is 90.0 Å². The summed E-state index contributed by atoms with van der Waals surface area (Å²) in [6.07, 6.45) is 7.01. The molecule has 1 aromatic rings. The highest BCUT2D eigenvalue weighted by Crippen LogP contribution is 2.30. The molecule has 106 valence electrons. The largest absolute Gasteiger partial charge is 0.392 e. The molecule has 0 spiro atoms. The van der Waals surface area contributed by atoms with Gasteiger partial charge in [0.25, 0.3) is 0 Å². The summed E-state index contributed by atoms with van der Waals surface area (Å²) in [5, 5.41) is 3.88. The van der Waals surface area contributed by atoms with Gasteiger partial charge in [-0.15, -0.1) is 0 Å². The number of aryl methyl sites for hydroxylation is 1. The van der Waals surface area contributed by atoms with Crippen LogP contribution in [-0.4, -0.2) is 28.7 Å². The number of hydrogen-bond acceptors (Lipinski definition) is 4. The van der Waals surface area contributed by atoms with Crippen LogP contribution >= 0.6 is 12.2 Å². The van der Waals surface area contributed by atoms with E-state index in [9.17, 15) is 8.42 Å². The van der Waals surface area contributed by atoms with Gasteiger partial charge in [-0.25, -0.2) is 8.42 Å². The molecule has 3 N–H and O–H groups in total. The SMILES string of the molecule is Cn1cc(S(=O)(=O)NC2(C(N)=S)CCCCC2)cn1. The van der Waals surface area contributed by atoms with Crippen LogP contribution in [0, 0.1) is 0 Å². The second-order valence-electron chi connectivity index (χ2n) is 4.96. The van der Waals surface area contributed by atoms with Crippen molar-refractivity contribution in [3.05, 3.63) is 12.4 Å². The highest BCUT2D eigenvalue weighted by molar-refractivity contribution is 7.89. The predicted molar refractivity (Wildman–Crippen MR) is 76.1 cm³/mol. The summed E-state index contributed by atoms with van der Waals surface area (Å²) in [6, 6.07) is 0. The number of rotatable bonds is 4. The van der Waals surface area contributed by atoms with Crippen molar-refractivity contribution in [3.63, 3.8) is 0 Å². The molecule has 0 amide bonds. The summed E-state index contributed by atoms with van der Waals surface area (Å²) in [4.78, 5) is 0.357. The zero-order valence-corrected chi connectivity index (χ0v) is 12.4. The van der Waals surface area contributed by atoms with E-state index in [4.69, 9.17) is 18.0 Å². The monoisotopic (exact) mass is 302 g/mol. The molecule has 8 heteroatoms. The fourth-order valence-electron chi connectivity index (χ4n) is 2.41. The Labute approximate surface area is 118 Å². The summed E-state index contributed by atoms with van der Waals surface area (Å²) >= 11 is 5.08. The number of thiocarbonyl (C=S) groups is 1. The van der Waals surface area contributed by atoms with Crippen LogP contribution in [0.25, 0.3) is 0 Å². The van der Waals surface area contributed by atoms with Crippen LogP contribution in [0.2, 0.25) is 0 Å². The van der Waals surface area contributed by atoms with Crippen molar-refractivity contribution < 1.29 is 8.42 Å². The maximum absolute atomic E-state index is 12.3. The molecule has 1 aromatic heterocycles. The fourth-order valence-corrected chi connectivity index (χ4v) is 4.15. The van der Waals surface area contributed by atoms with Gasteiger partial charge in [0.2, 0.25) is 10.0 Å². The van der Waals surface area contributed by atoms with Gasteiger partial charge >= 0.3 is 0 Å². The Bertz CT molecular complexity index is 573. The summed E-state index contributed by atoms with van der Waals surface area (Å²) in [5.74, 6) is 0. The summed E-state index contributed by atoms with van der Waals surface area (Å²) in [7, 11) is -1.97. The van der Waals surface area contributed by atoms with Crippen LogP contribution in [0.1, 0.15) is 32.1 Å². The number of sulfonamides is 1. The number of aromatic nitrogens is 2. The van der Waals surface area contributed by atoms with Crippen molar-refractivity contribution >= 4 is 27.2 Å². The van der Waals surface area contributed by atoms with E-state index in [0.29, 0.717) is 12.8 Å². The van der Waals surface area contributed by atoms with E-state index in [-0.39, 0.29) is 9.88 Å². The molecule has 0 radical (unpaired) electrons. The first-order valence-corrected chi connectivity index (χ1v) is 8.07. The van der Waals surface area contributed by atoms with E-state index in [0.717, 1.165) is 19.3 Å². The minimum absolute atomic E-state index is 0.135.